The van der Waals surface area contributed by atoms with E-state index in [4.69, 9.17) is 4.74 Å². The predicted molar refractivity (Wildman–Crippen MR) is 68.4 cm³/mol. The van der Waals surface area contributed by atoms with Crippen molar-refractivity contribution in [1.29, 1.82) is 0 Å². The molecule has 1 N–H and O–H groups in total. The second-order valence-corrected chi connectivity index (χ2v) is 4.87. The van der Waals surface area contributed by atoms with Gasteiger partial charge in [-0.2, -0.15) is 8.78 Å². The minimum atomic E-state index is -2.77. The standard InChI is InChI=1S/C14H19F2NO2/c1-18-14(7-2-8-14)10-17-9-11-3-5-12(6-4-11)19-13(15)16/h3-6,13,17H,2,7-10H2,1H3. The molecule has 5 heteroatoms. The third-order valence-electron chi connectivity index (χ3n) is 3.62. The highest BCUT2D eigenvalue weighted by Crippen LogP contribution is 2.34. The van der Waals surface area contributed by atoms with Crippen LogP contribution in [0, 0.1) is 0 Å². The van der Waals surface area contributed by atoms with Crippen LogP contribution in [0.4, 0.5) is 8.78 Å². The second-order valence-electron chi connectivity index (χ2n) is 4.87. The summed E-state index contributed by atoms with van der Waals surface area (Å²) in [6.45, 7) is -1.26. The van der Waals surface area contributed by atoms with Gasteiger partial charge in [0.2, 0.25) is 0 Å². The lowest BCUT2D eigenvalue weighted by atomic mass is 9.80. The van der Waals surface area contributed by atoms with E-state index < -0.39 is 6.61 Å². The fourth-order valence-electron chi connectivity index (χ4n) is 2.25. The van der Waals surface area contributed by atoms with Crippen LogP contribution in [0.1, 0.15) is 24.8 Å². The fourth-order valence-corrected chi connectivity index (χ4v) is 2.25. The molecule has 0 spiro atoms. The zero-order valence-electron chi connectivity index (χ0n) is 11.0. The summed E-state index contributed by atoms with van der Waals surface area (Å²) in [6.07, 6.45) is 3.41. The Morgan fingerprint density at radius 2 is 1.95 bits per heavy atom. The molecule has 1 aliphatic rings. The highest BCUT2D eigenvalue weighted by atomic mass is 19.3. The summed E-state index contributed by atoms with van der Waals surface area (Å²) in [4.78, 5) is 0. The molecule has 0 radical (unpaired) electrons. The molecule has 0 aromatic heterocycles. The van der Waals surface area contributed by atoms with Gasteiger partial charge in [-0.1, -0.05) is 12.1 Å². The first-order valence-corrected chi connectivity index (χ1v) is 6.43. The molecule has 0 unspecified atom stereocenters. The lowest BCUT2D eigenvalue weighted by Gasteiger charge is -2.40. The van der Waals surface area contributed by atoms with Crippen molar-refractivity contribution in [2.45, 2.75) is 38.0 Å². The number of nitrogens with one attached hydrogen (secondary N) is 1. The largest absolute Gasteiger partial charge is 0.435 e. The van der Waals surface area contributed by atoms with Crippen LogP contribution in [0.15, 0.2) is 24.3 Å². The highest BCUT2D eigenvalue weighted by Gasteiger charge is 2.36. The van der Waals surface area contributed by atoms with Crippen molar-refractivity contribution in [2.75, 3.05) is 13.7 Å². The quantitative estimate of drug-likeness (QED) is 0.827. The molecule has 0 aliphatic heterocycles. The van der Waals surface area contributed by atoms with Gasteiger partial charge in [0.15, 0.2) is 0 Å². The van der Waals surface area contributed by atoms with E-state index in [2.05, 4.69) is 10.1 Å². The monoisotopic (exact) mass is 271 g/mol. The number of hydrogen-bond donors (Lipinski definition) is 1. The van der Waals surface area contributed by atoms with Gasteiger partial charge in [-0.25, -0.2) is 0 Å². The molecular formula is C14H19F2NO2. The van der Waals surface area contributed by atoms with E-state index in [1.165, 1.54) is 6.42 Å². The summed E-state index contributed by atoms with van der Waals surface area (Å²) in [5.41, 5.74) is 1.03. The van der Waals surface area contributed by atoms with E-state index in [-0.39, 0.29) is 11.4 Å². The van der Waals surface area contributed by atoms with Crippen LogP contribution < -0.4 is 10.1 Å². The molecular weight excluding hydrogens is 252 g/mol. The maximum atomic E-state index is 12.0. The first-order valence-electron chi connectivity index (χ1n) is 6.43. The Morgan fingerprint density at radius 1 is 1.26 bits per heavy atom. The van der Waals surface area contributed by atoms with Crippen LogP contribution in [0.25, 0.3) is 0 Å². The Labute approximate surface area is 111 Å². The van der Waals surface area contributed by atoms with E-state index >= 15 is 0 Å². The molecule has 0 atom stereocenters. The van der Waals surface area contributed by atoms with Crippen molar-refractivity contribution in [3.05, 3.63) is 29.8 Å². The molecule has 19 heavy (non-hydrogen) atoms. The Hall–Kier alpha value is -1.20. The number of ether oxygens (including phenoxy) is 2. The van der Waals surface area contributed by atoms with Crippen LogP contribution in [0.5, 0.6) is 5.75 Å². The number of alkyl halides is 2. The Balaban J connectivity index is 1.76. The number of methoxy groups -OCH3 is 1. The molecule has 0 amide bonds. The number of benzene rings is 1. The van der Waals surface area contributed by atoms with Gasteiger partial charge in [-0.15, -0.1) is 0 Å². The maximum Gasteiger partial charge on any atom is 0.387 e. The minimum absolute atomic E-state index is 0.00126. The lowest BCUT2D eigenvalue weighted by molar-refractivity contribution is -0.0695. The highest BCUT2D eigenvalue weighted by molar-refractivity contribution is 5.27. The predicted octanol–water partition coefficient (Wildman–Crippen LogP) is 2.95. The first-order chi connectivity index (χ1) is 9.13. The van der Waals surface area contributed by atoms with Crippen molar-refractivity contribution in [2.24, 2.45) is 0 Å². The average molecular weight is 271 g/mol. The molecule has 2 rings (SSSR count). The Bertz CT molecular complexity index is 385. The van der Waals surface area contributed by atoms with Crippen molar-refractivity contribution in [1.82, 2.24) is 5.32 Å². The molecule has 0 saturated heterocycles. The van der Waals surface area contributed by atoms with Crippen LogP contribution in [-0.2, 0) is 11.3 Å². The number of halogens is 2. The Morgan fingerprint density at radius 3 is 2.42 bits per heavy atom. The van der Waals surface area contributed by atoms with Crippen molar-refractivity contribution >= 4 is 0 Å². The summed E-state index contributed by atoms with van der Waals surface area (Å²) in [7, 11) is 1.75. The molecule has 1 aliphatic carbocycles. The fraction of sp³-hybridized carbons (Fsp3) is 0.571. The van der Waals surface area contributed by atoms with E-state index in [1.54, 1.807) is 31.4 Å². The van der Waals surface area contributed by atoms with Gasteiger partial charge in [-0.05, 0) is 37.0 Å². The zero-order chi connectivity index (χ0) is 13.7. The number of hydrogen-bond acceptors (Lipinski definition) is 3. The molecule has 106 valence electrons. The first kappa shape index (κ1) is 14.2. The summed E-state index contributed by atoms with van der Waals surface area (Å²) < 4.78 is 33.8. The third kappa shape index (κ3) is 3.88. The summed E-state index contributed by atoms with van der Waals surface area (Å²) in [6, 6.07) is 6.67. The van der Waals surface area contributed by atoms with Crippen molar-refractivity contribution in [3.63, 3.8) is 0 Å². The normalized spacial score (nSPS) is 17.3. The van der Waals surface area contributed by atoms with Gasteiger partial charge < -0.3 is 14.8 Å². The van der Waals surface area contributed by atoms with Gasteiger partial charge in [0, 0.05) is 20.2 Å². The van der Waals surface area contributed by atoms with Gasteiger partial charge in [0.05, 0.1) is 5.60 Å². The van der Waals surface area contributed by atoms with E-state index in [0.717, 1.165) is 24.9 Å². The van der Waals surface area contributed by atoms with Gasteiger partial charge in [0.1, 0.15) is 5.75 Å². The molecule has 3 nitrogen and oxygen atoms in total. The molecule has 0 bridgehead atoms. The van der Waals surface area contributed by atoms with E-state index in [1.807, 2.05) is 0 Å². The summed E-state index contributed by atoms with van der Waals surface area (Å²) >= 11 is 0. The lowest BCUT2D eigenvalue weighted by Crippen LogP contribution is -2.47. The zero-order valence-corrected chi connectivity index (χ0v) is 11.0. The van der Waals surface area contributed by atoms with Crippen LogP contribution in [0.3, 0.4) is 0 Å². The van der Waals surface area contributed by atoms with Crippen molar-refractivity contribution in [3.8, 4) is 5.75 Å². The summed E-state index contributed by atoms with van der Waals surface area (Å²) in [5.74, 6) is 0.186. The van der Waals surface area contributed by atoms with E-state index in [0.29, 0.717) is 6.54 Å². The topological polar surface area (TPSA) is 30.5 Å². The minimum Gasteiger partial charge on any atom is -0.435 e. The van der Waals surface area contributed by atoms with Gasteiger partial charge in [0.25, 0.3) is 0 Å². The second kappa shape index (κ2) is 6.30. The summed E-state index contributed by atoms with van der Waals surface area (Å²) in [5, 5.41) is 3.34. The average Bonchev–Trinajstić information content (AvgIpc) is 2.34. The maximum absolute atomic E-state index is 12.0. The molecule has 1 saturated carbocycles. The third-order valence-corrected chi connectivity index (χ3v) is 3.62. The molecule has 0 heterocycles. The van der Waals surface area contributed by atoms with Crippen LogP contribution >= 0.6 is 0 Å². The van der Waals surface area contributed by atoms with Crippen LogP contribution in [-0.4, -0.2) is 25.9 Å². The molecule has 1 fully saturated rings. The smallest absolute Gasteiger partial charge is 0.387 e. The van der Waals surface area contributed by atoms with Crippen molar-refractivity contribution < 1.29 is 18.3 Å². The van der Waals surface area contributed by atoms with Gasteiger partial charge >= 0.3 is 6.61 Å². The van der Waals surface area contributed by atoms with Gasteiger partial charge in [-0.3, -0.25) is 0 Å². The SMILES string of the molecule is COC1(CNCc2ccc(OC(F)F)cc2)CCC1. The molecule has 1 aromatic rings. The number of rotatable bonds is 7. The van der Waals surface area contributed by atoms with Crippen LogP contribution in [0.2, 0.25) is 0 Å². The van der Waals surface area contributed by atoms with E-state index in [9.17, 15) is 8.78 Å². The molecule has 1 aromatic carbocycles. The Kier molecular flexibility index (Phi) is 4.71.